The highest BCUT2D eigenvalue weighted by atomic mass is 16.1. The third-order valence-corrected chi connectivity index (χ3v) is 16.9. The number of hydrogen-bond donors (Lipinski definition) is 0. The van der Waals surface area contributed by atoms with E-state index in [0.29, 0.717) is 22.3 Å². The summed E-state index contributed by atoms with van der Waals surface area (Å²) in [5.41, 5.74) is 16.3. The number of fused-ring (bicyclic) bond motifs is 10. The lowest BCUT2D eigenvalue weighted by atomic mass is 9.45. The van der Waals surface area contributed by atoms with Gasteiger partial charge in [-0.05, 0) is 133 Å². The molecule has 3 nitrogen and oxygen atoms in total. The molecule has 1 spiro atoms. The molecule has 72 heavy (non-hydrogen) atoms. The maximum Gasteiger partial charge on any atom is 0.193 e. The lowest BCUT2D eigenvalue weighted by Gasteiger charge is -2.57. The summed E-state index contributed by atoms with van der Waals surface area (Å²) in [5.74, 6) is 0.180. The van der Waals surface area contributed by atoms with Crippen LogP contribution in [0, 0.1) is 18.3 Å². The zero-order valence-electron chi connectivity index (χ0n) is 44.6. The second kappa shape index (κ2) is 18.8. The highest BCUT2D eigenvalue weighted by Gasteiger charge is 2.60. The predicted octanol–water partition coefficient (Wildman–Crippen LogP) is 18.0. The summed E-state index contributed by atoms with van der Waals surface area (Å²) in [6.07, 6.45) is 21.7. The maximum atomic E-state index is 15.6. The first-order valence-corrected chi connectivity index (χ1v) is 26.3. The van der Waals surface area contributed by atoms with Crippen LogP contribution in [0.5, 0.6) is 0 Å². The van der Waals surface area contributed by atoms with Gasteiger partial charge in [0.1, 0.15) is 0 Å². The average molecular weight is 946 g/mol. The Bertz CT molecular complexity index is 3520. The molecule has 3 atom stereocenters. The van der Waals surface area contributed by atoms with Crippen LogP contribution in [0.15, 0.2) is 188 Å². The zero-order valence-corrected chi connectivity index (χ0v) is 44.6. The summed E-state index contributed by atoms with van der Waals surface area (Å²) >= 11 is 0. The van der Waals surface area contributed by atoms with E-state index in [-0.39, 0.29) is 28.3 Å². The van der Waals surface area contributed by atoms with Crippen molar-refractivity contribution in [3.8, 4) is 16.8 Å². The van der Waals surface area contributed by atoms with E-state index in [9.17, 15) is 4.79 Å². The van der Waals surface area contributed by atoms with Gasteiger partial charge in [-0.1, -0.05) is 201 Å². The number of aryl methyl sites for hydroxylation is 1. The highest BCUT2D eigenvalue weighted by molar-refractivity contribution is 6.19. The minimum absolute atomic E-state index is 0.0114. The quantitative estimate of drug-likeness (QED) is 0.107. The van der Waals surface area contributed by atoms with Crippen molar-refractivity contribution < 1.29 is 9.59 Å². The Morgan fingerprint density at radius 1 is 0.708 bits per heavy atom. The number of benzene rings is 6. The number of carbonyl (C=O) groups excluding carboxylic acids is 2. The number of hydrogen-bond acceptors (Lipinski definition) is 2. The predicted molar refractivity (Wildman–Crippen MR) is 305 cm³/mol. The third-order valence-electron chi connectivity index (χ3n) is 16.9. The number of ketones is 2. The Morgan fingerprint density at radius 3 is 2.08 bits per heavy atom. The first-order valence-electron chi connectivity index (χ1n) is 26.3. The number of aromatic nitrogens is 1. The van der Waals surface area contributed by atoms with Crippen molar-refractivity contribution >= 4 is 33.4 Å². The molecule has 0 saturated heterocycles. The molecule has 1 aliphatic heterocycles. The molecule has 1 aromatic heterocycles. The van der Waals surface area contributed by atoms with Gasteiger partial charge in [-0.3, -0.25) is 9.59 Å². The lowest BCUT2D eigenvalue weighted by molar-refractivity contribution is 0.103. The van der Waals surface area contributed by atoms with E-state index in [0.717, 1.165) is 57.0 Å². The molecule has 0 radical (unpaired) electrons. The molecule has 5 aliphatic rings. The number of para-hydroxylation sites is 1. The Balaban J connectivity index is 0.00000156. The summed E-state index contributed by atoms with van der Waals surface area (Å²) < 4.78 is 2.41. The molecular formula is C69H71NO2. The van der Waals surface area contributed by atoms with E-state index in [1.807, 2.05) is 65.0 Å². The van der Waals surface area contributed by atoms with Crippen LogP contribution in [-0.2, 0) is 16.2 Å². The van der Waals surface area contributed by atoms with Crippen LogP contribution < -0.4 is 0 Å². The Kier molecular flexibility index (Phi) is 13.0. The average Bonchev–Trinajstić information content (AvgIpc) is 3.63. The maximum absolute atomic E-state index is 15.6. The largest absolute Gasteiger partial charge is 0.309 e. The third kappa shape index (κ3) is 7.20. The number of carbonyl (C=O) groups is 2. The number of rotatable bonds is 9. The van der Waals surface area contributed by atoms with Crippen LogP contribution >= 0.6 is 0 Å². The molecule has 1 saturated carbocycles. The van der Waals surface area contributed by atoms with E-state index in [1.54, 1.807) is 0 Å². The van der Waals surface area contributed by atoms with Gasteiger partial charge in [0.2, 0.25) is 0 Å². The fourth-order valence-electron chi connectivity index (χ4n) is 13.0. The summed E-state index contributed by atoms with van der Waals surface area (Å²) in [5, 5.41) is 1.92. The molecule has 1 fully saturated rings. The normalized spacial score (nSPS) is 20.1. The summed E-state index contributed by atoms with van der Waals surface area (Å²) in [4.78, 5) is 30.5. The number of allylic oxidation sites excluding steroid dienone is 11. The zero-order chi connectivity index (χ0) is 51.5. The van der Waals surface area contributed by atoms with Gasteiger partial charge >= 0.3 is 0 Å². The van der Waals surface area contributed by atoms with Crippen LogP contribution in [0.3, 0.4) is 0 Å². The molecule has 0 amide bonds. The van der Waals surface area contributed by atoms with Gasteiger partial charge in [-0.15, -0.1) is 0 Å². The summed E-state index contributed by atoms with van der Waals surface area (Å²) in [6.45, 7) is 29.9. The minimum atomic E-state index is -0.626. The Labute approximate surface area is 429 Å². The van der Waals surface area contributed by atoms with E-state index in [2.05, 4.69) is 199 Å². The molecule has 4 aliphatic carbocycles. The minimum Gasteiger partial charge on any atom is -0.309 e. The monoisotopic (exact) mass is 946 g/mol. The van der Waals surface area contributed by atoms with E-state index < -0.39 is 10.8 Å². The topological polar surface area (TPSA) is 39.1 Å². The fraction of sp³-hybridized carbons (Fsp3) is 0.275. The standard InChI is InChI=1S/C65H59NO2.2C2H6/c1-10-12-19-41(4)62(5,6)54-37-43(27-26-40(54)3)60(67)42-29-33-57-50(35-42)51-36-45(61(68)44-28-32-49-48-22-14-15-23-52(48)63(7,8)55(49)38-44)39-56-59(51)66(57)58-25-17-16-24-53(58)65(56)47-21-18-20-46(30-31-47)64(65,9)34-13-11-2;2*1-2/h10-29,32-39,46H,2,30-31H2,1,3-9H3;2*1-2H3/b12-10-,34-13-,41-19+;;. The first-order chi connectivity index (χ1) is 34.7. The summed E-state index contributed by atoms with van der Waals surface area (Å²) in [7, 11) is 0. The molecule has 7 aromatic rings. The molecule has 2 heterocycles. The van der Waals surface area contributed by atoms with Crippen LogP contribution in [0.1, 0.15) is 154 Å². The van der Waals surface area contributed by atoms with Crippen LogP contribution in [-0.4, -0.2) is 16.1 Å². The Morgan fingerprint density at radius 2 is 1.33 bits per heavy atom. The van der Waals surface area contributed by atoms with Gasteiger partial charge in [-0.2, -0.15) is 0 Å². The van der Waals surface area contributed by atoms with Crippen molar-refractivity contribution in [2.75, 3.05) is 0 Å². The van der Waals surface area contributed by atoms with Crippen LogP contribution in [0.2, 0.25) is 0 Å². The second-order valence-electron chi connectivity index (χ2n) is 21.0. The SMILES string of the molecule is C=C/C=C\C1(C)C2C=CC=C(CC2)C12c1ccccc1-n1c3ccc(C(=O)c4ccc(C)c(C(C)(C)/C(C)=C/C=C\C)c4)cc3c3cc(C(=O)c4ccc5c(c4)C(C)(C)c4ccccc4-5)cc2c31.CC.CC. The van der Waals surface area contributed by atoms with Crippen LogP contribution in [0.4, 0.5) is 0 Å². The summed E-state index contributed by atoms with van der Waals surface area (Å²) in [6, 6.07) is 40.5. The second-order valence-corrected chi connectivity index (χ2v) is 21.0. The Hall–Kier alpha value is -7.10. The van der Waals surface area contributed by atoms with Gasteiger partial charge < -0.3 is 4.57 Å². The van der Waals surface area contributed by atoms with Crippen molar-refractivity contribution in [1.82, 2.24) is 4.57 Å². The molecular weight excluding hydrogens is 875 g/mol. The molecule has 6 aromatic carbocycles. The molecule has 3 unspecified atom stereocenters. The van der Waals surface area contributed by atoms with Crippen molar-refractivity contribution in [2.45, 2.75) is 112 Å². The van der Waals surface area contributed by atoms with Crippen molar-refractivity contribution in [3.63, 3.8) is 0 Å². The van der Waals surface area contributed by atoms with Crippen molar-refractivity contribution in [2.24, 2.45) is 11.3 Å². The van der Waals surface area contributed by atoms with E-state index in [1.165, 1.54) is 39.0 Å². The molecule has 3 heteroatoms. The molecule has 364 valence electrons. The molecule has 12 rings (SSSR count). The molecule has 0 N–H and O–H groups in total. The smallest absolute Gasteiger partial charge is 0.193 e. The fourth-order valence-corrected chi connectivity index (χ4v) is 13.0. The first kappa shape index (κ1) is 49.9. The van der Waals surface area contributed by atoms with Gasteiger partial charge in [0.15, 0.2) is 11.6 Å². The van der Waals surface area contributed by atoms with Crippen LogP contribution in [0.25, 0.3) is 38.6 Å². The van der Waals surface area contributed by atoms with Gasteiger partial charge in [-0.25, -0.2) is 0 Å². The molecule has 2 bridgehead atoms. The van der Waals surface area contributed by atoms with Crippen molar-refractivity contribution in [3.05, 3.63) is 243 Å². The highest BCUT2D eigenvalue weighted by Crippen LogP contribution is 2.67. The lowest BCUT2D eigenvalue weighted by Crippen LogP contribution is -2.53. The van der Waals surface area contributed by atoms with Gasteiger partial charge in [0.05, 0.1) is 22.1 Å². The van der Waals surface area contributed by atoms with E-state index in [4.69, 9.17) is 0 Å². The number of nitrogens with zero attached hydrogens (tertiary/aromatic N) is 1. The van der Waals surface area contributed by atoms with Crippen molar-refractivity contribution in [1.29, 1.82) is 0 Å². The van der Waals surface area contributed by atoms with Gasteiger partial charge in [0.25, 0.3) is 0 Å². The van der Waals surface area contributed by atoms with E-state index >= 15 is 4.79 Å². The van der Waals surface area contributed by atoms with Gasteiger partial charge in [0, 0.05) is 49.3 Å².